The topological polar surface area (TPSA) is 22.1 Å². The van der Waals surface area contributed by atoms with Gasteiger partial charge in [0, 0.05) is 30.4 Å². The van der Waals surface area contributed by atoms with Crippen molar-refractivity contribution in [3.8, 4) is 0 Å². The highest BCUT2D eigenvalue weighted by atomic mass is 32.1. The fraction of sp³-hybridized carbons (Fsp3) is 0.727. The number of hydrogen-bond donors (Lipinski definition) is 0. The summed E-state index contributed by atoms with van der Waals surface area (Å²) in [5.41, 5.74) is 1.36. The van der Waals surface area contributed by atoms with Gasteiger partial charge in [0.1, 0.15) is 0 Å². The average molecular weight is 209 g/mol. The summed E-state index contributed by atoms with van der Waals surface area (Å²) in [4.78, 5) is 4.76. The molecule has 0 radical (unpaired) electrons. The second-order valence-corrected chi connectivity index (χ2v) is 5.16. The molecule has 76 valence electrons. The van der Waals surface area contributed by atoms with E-state index in [-0.39, 0.29) is 0 Å². The summed E-state index contributed by atoms with van der Waals surface area (Å²) in [5.74, 6) is 1.49. The summed E-state index contributed by atoms with van der Waals surface area (Å²) < 4.78 is 5.36. The predicted molar refractivity (Wildman–Crippen MR) is 56.9 cm³/mol. The molecule has 0 atom stereocenters. The average Bonchev–Trinajstić information content (AvgIpc) is 2.98. The minimum Gasteiger partial charge on any atom is -0.381 e. The summed E-state index contributed by atoms with van der Waals surface area (Å²) in [5, 5.41) is 3.62. The molecule has 2 heterocycles. The Bertz CT molecular complexity index is 313. The van der Waals surface area contributed by atoms with Crippen LogP contribution in [-0.2, 0) is 4.74 Å². The number of ether oxygens (including phenoxy) is 1. The molecule has 0 unspecified atom stereocenters. The van der Waals surface area contributed by atoms with E-state index in [1.165, 1.54) is 23.5 Å². The lowest BCUT2D eigenvalue weighted by Crippen LogP contribution is -2.13. The van der Waals surface area contributed by atoms with E-state index in [4.69, 9.17) is 9.72 Å². The first-order valence-corrected chi connectivity index (χ1v) is 6.34. The van der Waals surface area contributed by atoms with Gasteiger partial charge in [0.25, 0.3) is 0 Å². The maximum Gasteiger partial charge on any atom is 0.0961 e. The summed E-state index contributed by atoms with van der Waals surface area (Å²) in [6, 6.07) is 0. The van der Waals surface area contributed by atoms with E-state index in [9.17, 15) is 0 Å². The maximum absolute atomic E-state index is 5.36. The van der Waals surface area contributed by atoms with Crippen molar-refractivity contribution in [3.63, 3.8) is 0 Å². The van der Waals surface area contributed by atoms with Crippen LogP contribution in [0.3, 0.4) is 0 Å². The Morgan fingerprint density at radius 2 is 1.93 bits per heavy atom. The summed E-state index contributed by atoms with van der Waals surface area (Å²) >= 11 is 1.86. The zero-order valence-electron chi connectivity index (χ0n) is 8.24. The minimum absolute atomic E-state index is 0.682. The Morgan fingerprint density at radius 1 is 1.14 bits per heavy atom. The van der Waals surface area contributed by atoms with Crippen molar-refractivity contribution in [1.29, 1.82) is 0 Å². The highest BCUT2D eigenvalue weighted by molar-refractivity contribution is 7.09. The van der Waals surface area contributed by atoms with Crippen LogP contribution in [-0.4, -0.2) is 18.2 Å². The first-order chi connectivity index (χ1) is 6.93. The Labute approximate surface area is 88.3 Å². The minimum atomic E-state index is 0.682. The second kappa shape index (κ2) is 3.63. The van der Waals surface area contributed by atoms with E-state index in [1.54, 1.807) is 0 Å². The highest BCUT2D eigenvalue weighted by Gasteiger charge is 2.27. The van der Waals surface area contributed by atoms with Crippen molar-refractivity contribution >= 4 is 11.3 Å². The molecular weight excluding hydrogens is 194 g/mol. The van der Waals surface area contributed by atoms with Gasteiger partial charge in [0.15, 0.2) is 0 Å². The SMILES string of the molecule is c1sc(C2CCOCC2)nc1C1CC1. The first-order valence-electron chi connectivity index (χ1n) is 5.46. The standard InChI is InChI=1S/C11H15NOS/c1-2-8(1)10-7-14-11(12-10)9-3-5-13-6-4-9/h7-9H,1-6H2. The molecule has 1 aliphatic carbocycles. The molecule has 3 heteroatoms. The van der Waals surface area contributed by atoms with Gasteiger partial charge in [0.05, 0.1) is 10.7 Å². The zero-order valence-corrected chi connectivity index (χ0v) is 9.05. The van der Waals surface area contributed by atoms with Crippen LogP contribution in [0.2, 0.25) is 0 Å². The van der Waals surface area contributed by atoms with Gasteiger partial charge in [-0.1, -0.05) is 0 Å². The maximum atomic E-state index is 5.36. The van der Waals surface area contributed by atoms with Crippen molar-refractivity contribution in [2.24, 2.45) is 0 Å². The van der Waals surface area contributed by atoms with Crippen molar-refractivity contribution in [2.75, 3.05) is 13.2 Å². The third-order valence-electron chi connectivity index (χ3n) is 3.11. The molecule has 2 fully saturated rings. The number of rotatable bonds is 2. The lowest BCUT2D eigenvalue weighted by molar-refractivity contribution is 0.0852. The van der Waals surface area contributed by atoms with Crippen molar-refractivity contribution in [3.05, 3.63) is 16.1 Å². The molecule has 2 nitrogen and oxygen atoms in total. The van der Waals surface area contributed by atoms with Crippen molar-refractivity contribution < 1.29 is 4.74 Å². The van der Waals surface area contributed by atoms with Crippen LogP contribution in [0.25, 0.3) is 0 Å². The van der Waals surface area contributed by atoms with Gasteiger partial charge in [0.2, 0.25) is 0 Å². The van der Waals surface area contributed by atoms with Gasteiger partial charge in [-0.05, 0) is 25.7 Å². The van der Waals surface area contributed by atoms with E-state index in [2.05, 4.69) is 5.38 Å². The number of hydrogen-bond acceptors (Lipinski definition) is 3. The van der Waals surface area contributed by atoms with Crippen LogP contribution < -0.4 is 0 Å². The molecule has 1 aromatic heterocycles. The number of aromatic nitrogens is 1. The predicted octanol–water partition coefficient (Wildman–Crippen LogP) is 2.91. The van der Waals surface area contributed by atoms with Crippen molar-refractivity contribution in [2.45, 2.75) is 37.5 Å². The molecule has 1 saturated heterocycles. The second-order valence-electron chi connectivity index (χ2n) is 4.27. The van der Waals surface area contributed by atoms with Gasteiger partial charge in [-0.15, -0.1) is 11.3 Å². The molecule has 0 amide bonds. The number of nitrogens with zero attached hydrogens (tertiary/aromatic N) is 1. The molecular formula is C11H15NOS. The van der Waals surface area contributed by atoms with Gasteiger partial charge in [-0.2, -0.15) is 0 Å². The third kappa shape index (κ3) is 1.71. The fourth-order valence-corrected chi connectivity index (χ4v) is 3.07. The van der Waals surface area contributed by atoms with Crippen molar-refractivity contribution in [1.82, 2.24) is 4.98 Å². The lowest BCUT2D eigenvalue weighted by Gasteiger charge is -2.19. The Kier molecular flexibility index (Phi) is 2.30. The monoisotopic (exact) mass is 209 g/mol. The molecule has 3 rings (SSSR count). The largest absolute Gasteiger partial charge is 0.381 e. The summed E-state index contributed by atoms with van der Waals surface area (Å²) in [6.45, 7) is 1.84. The Hall–Kier alpha value is -0.410. The summed E-state index contributed by atoms with van der Waals surface area (Å²) in [7, 11) is 0. The fourth-order valence-electron chi connectivity index (χ4n) is 2.00. The van der Waals surface area contributed by atoms with Crippen LogP contribution >= 0.6 is 11.3 Å². The quantitative estimate of drug-likeness (QED) is 0.747. The van der Waals surface area contributed by atoms with E-state index in [0.717, 1.165) is 32.0 Å². The molecule has 14 heavy (non-hydrogen) atoms. The van der Waals surface area contributed by atoms with Gasteiger partial charge in [-0.3, -0.25) is 0 Å². The molecule has 1 aromatic rings. The molecule has 2 aliphatic rings. The highest BCUT2D eigenvalue weighted by Crippen LogP contribution is 2.41. The van der Waals surface area contributed by atoms with E-state index < -0.39 is 0 Å². The van der Waals surface area contributed by atoms with Gasteiger partial charge in [-0.25, -0.2) is 4.98 Å². The molecule has 0 aromatic carbocycles. The number of thiazole rings is 1. The normalized spacial score (nSPS) is 24.0. The molecule has 0 bridgehead atoms. The third-order valence-corrected chi connectivity index (χ3v) is 4.13. The zero-order chi connectivity index (χ0) is 9.38. The van der Waals surface area contributed by atoms with E-state index >= 15 is 0 Å². The Morgan fingerprint density at radius 3 is 2.64 bits per heavy atom. The van der Waals surface area contributed by atoms with Crippen LogP contribution in [0, 0.1) is 0 Å². The summed E-state index contributed by atoms with van der Waals surface area (Å²) in [6.07, 6.45) is 5.04. The van der Waals surface area contributed by atoms with E-state index in [0.29, 0.717) is 5.92 Å². The van der Waals surface area contributed by atoms with E-state index in [1.807, 2.05) is 11.3 Å². The van der Waals surface area contributed by atoms with Crippen LogP contribution in [0.4, 0.5) is 0 Å². The smallest absolute Gasteiger partial charge is 0.0961 e. The molecule has 1 saturated carbocycles. The molecule has 0 spiro atoms. The van der Waals surface area contributed by atoms with Crippen LogP contribution in [0.1, 0.15) is 48.2 Å². The van der Waals surface area contributed by atoms with Crippen LogP contribution in [0.5, 0.6) is 0 Å². The first kappa shape index (κ1) is 8.86. The van der Waals surface area contributed by atoms with Crippen LogP contribution in [0.15, 0.2) is 5.38 Å². The lowest BCUT2D eigenvalue weighted by atomic mass is 10.0. The Balaban J connectivity index is 1.74. The molecule has 0 N–H and O–H groups in total. The van der Waals surface area contributed by atoms with Gasteiger partial charge >= 0.3 is 0 Å². The molecule has 1 aliphatic heterocycles. The van der Waals surface area contributed by atoms with Gasteiger partial charge < -0.3 is 4.74 Å².